The minimum atomic E-state index is -0.524. The van der Waals surface area contributed by atoms with Gasteiger partial charge in [0.05, 0.1) is 38.5 Å². The number of carbonyl (C=O) groups is 2. The number of aryl methyl sites for hydroxylation is 1. The Morgan fingerprint density at radius 2 is 2.12 bits per heavy atom. The topological polar surface area (TPSA) is 92.9 Å². The van der Waals surface area contributed by atoms with Crippen LogP contribution in [0.5, 0.6) is 0 Å². The molecule has 2 fully saturated rings. The first kappa shape index (κ1) is 18.9. The lowest BCUT2D eigenvalue weighted by molar-refractivity contribution is -0.125. The molecule has 0 aliphatic carbocycles. The highest BCUT2D eigenvalue weighted by molar-refractivity contribution is 6.00. The van der Waals surface area contributed by atoms with Crippen LogP contribution in [0.2, 0.25) is 0 Å². The molecule has 1 aromatic heterocycles. The molecule has 0 radical (unpaired) electrons. The summed E-state index contributed by atoms with van der Waals surface area (Å²) in [5, 5.41) is 3.30. The van der Waals surface area contributed by atoms with E-state index in [-0.39, 0.29) is 5.91 Å². The lowest BCUT2D eigenvalue weighted by Gasteiger charge is -2.41. The maximum Gasteiger partial charge on any atom is 0.340 e. The van der Waals surface area contributed by atoms with Crippen LogP contribution in [0.15, 0.2) is 0 Å². The number of ether oxygens (including phenoxy) is 3. The molecule has 3 rings (SSSR count). The second kappa shape index (κ2) is 7.77. The second-order valence-electron chi connectivity index (χ2n) is 6.83. The van der Waals surface area contributed by atoms with Crippen LogP contribution >= 0.6 is 0 Å². The highest BCUT2D eigenvalue weighted by Crippen LogP contribution is 2.24. The fourth-order valence-electron chi connectivity index (χ4n) is 3.61. The second-order valence-corrected chi connectivity index (χ2v) is 6.83. The van der Waals surface area contributed by atoms with Gasteiger partial charge in [0.2, 0.25) is 0 Å². The summed E-state index contributed by atoms with van der Waals surface area (Å²) >= 11 is 0. The maximum absolute atomic E-state index is 13.1. The Labute approximate surface area is 153 Å². The Kier molecular flexibility index (Phi) is 5.64. The first-order valence-electron chi connectivity index (χ1n) is 9.05. The molecule has 2 N–H and O–H groups in total. The molecule has 1 amide bonds. The van der Waals surface area contributed by atoms with Crippen molar-refractivity contribution in [3.05, 3.63) is 22.5 Å². The van der Waals surface area contributed by atoms with Crippen molar-refractivity contribution in [1.82, 2.24) is 15.2 Å². The predicted molar refractivity (Wildman–Crippen MR) is 94.5 cm³/mol. The maximum atomic E-state index is 13.1. The zero-order chi connectivity index (χ0) is 18.7. The molecule has 8 heteroatoms. The summed E-state index contributed by atoms with van der Waals surface area (Å²) in [4.78, 5) is 30.1. The standard InChI is InChI=1S/C18H27N3O5/c1-4-25-17(23)14-12(2)15(20-13(14)3)16(22)21-6-8-26-18(10-21)9-19-5-7-24-11-18/h19-20H,4-11H2,1-3H3/t18-/m1/s1. The number of hydrogen-bond acceptors (Lipinski definition) is 6. The van der Waals surface area contributed by atoms with E-state index in [0.29, 0.717) is 68.6 Å². The van der Waals surface area contributed by atoms with Crippen LogP contribution in [0.1, 0.15) is 39.0 Å². The molecule has 2 aliphatic heterocycles. The van der Waals surface area contributed by atoms with Gasteiger partial charge in [0, 0.05) is 25.3 Å². The highest BCUT2D eigenvalue weighted by atomic mass is 16.5. The molecule has 1 spiro atoms. The van der Waals surface area contributed by atoms with Gasteiger partial charge in [0.15, 0.2) is 0 Å². The molecule has 8 nitrogen and oxygen atoms in total. The first-order chi connectivity index (χ1) is 12.5. The number of aromatic amines is 1. The summed E-state index contributed by atoms with van der Waals surface area (Å²) in [5.74, 6) is -0.536. The normalized spacial score (nSPS) is 23.7. The van der Waals surface area contributed by atoms with Gasteiger partial charge in [0.25, 0.3) is 5.91 Å². The Bertz CT molecular complexity index is 677. The van der Waals surface area contributed by atoms with Crippen molar-refractivity contribution in [3.63, 3.8) is 0 Å². The van der Waals surface area contributed by atoms with Gasteiger partial charge in [-0.1, -0.05) is 0 Å². The smallest absolute Gasteiger partial charge is 0.340 e. The van der Waals surface area contributed by atoms with Gasteiger partial charge in [0.1, 0.15) is 11.3 Å². The number of rotatable bonds is 3. The Hall–Kier alpha value is -1.90. The van der Waals surface area contributed by atoms with Crippen LogP contribution < -0.4 is 5.32 Å². The largest absolute Gasteiger partial charge is 0.462 e. The predicted octanol–water partition coefficient (Wildman–Crippen LogP) is 0.639. The molecule has 144 valence electrons. The van der Waals surface area contributed by atoms with Gasteiger partial charge in [-0.05, 0) is 26.3 Å². The number of H-pyrrole nitrogens is 1. The van der Waals surface area contributed by atoms with Crippen LogP contribution in [0.25, 0.3) is 0 Å². The van der Waals surface area contributed by atoms with Crippen molar-refractivity contribution < 1.29 is 23.8 Å². The molecule has 0 aromatic carbocycles. The Morgan fingerprint density at radius 3 is 2.88 bits per heavy atom. The van der Waals surface area contributed by atoms with E-state index < -0.39 is 11.6 Å². The Morgan fingerprint density at radius 1 is 1.31 bits per heavy atom. The van der Waals surface area contributed by atoms with Crippen molar-refractivity contribution in [3.8, 4) is 0 Å². The van der Waals surface area contributed by atoms with Crippen molar-refractivity contribution in [2.75, 3.05) is 52.6 Å². The summed E-state index contributed by atoms with van der Waals surface area (Å²) in [6.45, 7) is 9.54. The lowest BCUT2D eigenvalue weighted by atomic mass is 10.0. The third kappa shape index (κ3) is 3.62. The Balaban J connectivity index is 1.80. The number of nitrogens with one attached hydrogen (secondary N) is 2. The van der Waals surface area contributed by atoms with Crippen molar-refractivity contribution in [2.24, 2.45) is 0 Å². The number of esters is 1. The fourth-order valence-corrected chi connectivity index (χ4v) is 3.61. The van der Waals surface area contributed by atoms with E-state index in [4.69, 9.17) is 14.2 Å². The average Bonchev–Trinajstić information content (AvgIpc) is 2.77. The number of morpholine rings is 1. The zero-order valence-electron chi connectivity index (χ0n) is 15.6. The van der Waals surface area contributed by atoms with E-state index in [1.165, 1.54) is 0 Å². The zero-order valence-corrected chi connectivity index (χ0v) is 15.6. The molecule has 26 heavy (non-hydrogen) atoms. The van der Waals surface area contributed by atoms with E-state index >= 15 is 0 Å². The summed E-state index contributed by atoms with van der Waals surface area (Å²) in [6.07, 6.45) is 0. The van der Waals surface area contributed by atoms with E-state index in [1.807, 2.05) is 0 Å². The van der Waals surface area contributed by atoms with E-state index in [2.05, 4.69) is 10.3 Å². The number of carbonyl (C=O) groups excluding carboxylic acids is 2. The molecule has 3 heterocycles. The SMILES string of the molecule is CCOC(=O)c1c(C)[nH]c(C(=O)N2CCO[C@]3(CNCCOC3)C2)c1C. The lowest BCUT2D eigenvalue weighted by Crippen LogP contribution is -2.59. The molecular formula is C18H27N3O5. The molecular weight excluding hydrogens is 338 g/mol. The van der Waals surface area contributed by atoms with E-state index in [0.717, 1.165) is 6.54 Å². The van der Waals surface area contributed by atoms with Gasteiger partial charge < -0.3 is 29.4 Å². The number of amides is 1. The molecule has 2 aliphatic rings. The molecule has 2 saturated heterocycles. The van der Waals surface area contributed by atoms with Crippen LogP contribution in [-0.2, 0) is 14.2 Å². The van der Waals surface area contributed by atoms with Crippen molar-refractivity contribution >= 4 is 11.9 Å². The minimum Gasteiger partial charge on any atom is -0.462 e. The summed E-state index contributed by atoms with van der Waals surface area (Å²) in [6, 6.07) is 0. The van der Waals surface area contributed by atoms with Gasteiger partial charge in [-0.15, -0.1) is 0 Å². The van der Waals surface area contributed by atoms with E-state index in [1.54, 1.807) is 25.7 Å². The minimum absolute atomic E-state index is 0.131. The van der Waals surface area contributed by atoms with Crippen LogP contribution in [0, 0.1) is 13.8 Å². The number of aromatic nitrogens is 1. The summed E-state index contributed by atoms with van der Waals surface area (Å²) in [5.41, 5.74) is 1.63. The van der Waals surface area contributed by atoms with Crippen LogP contribution in [0.3, 0.4) is 0 Å². The molecule has 0 saturated carbocycles. The van der Waals surface area contributed by atoms with Gasteiger partial charge in [-0.3, -0.25) is 4.79 Å². The molecule has 0 bridgehead atoms. The van der Waals surface area contributed by atoms with Crippen molar-refractivity contribution in [2.45, 2.75) is 26.4 Å². The number of nitrogens with zero attached hydrogens (tertiary/aromatic N) is 1. The van der Waals surface area contributed by atoms with Gasteiger partial charge in [-0.2, -0.15) is 0 Å². The summed E-state index contributed by atoms with van der Waals surface area (Å²) < 4.78 is 16.7. The van der Waals surface area contributed by atoms with Crippen LogP contribution in [-0.4, -0.2) is 80.0 Å². The third-order valence-corrected chi connectivity index (χ3v) is 4.90. The van der Waals surface area contributed by atoms with E-state index in [9.17, 15) is 9.59 Å². The number of hydrogen-bond donors (Lipinski definition) is 2. The molecule has 1 aromatic rings. The van der Waals surface area contributed by atoms with Gasteiger partial charge >= 0.3 is 5.97 Å². The summed E-state index contributed by atoms with van der Waals surface area (Å²) in [7, 11) is 0. The molecule has 1 atom stereocenters. The highest BCUT2D eigenvalue weighted by Gasteiger charge is 2.40. The first-order valence-corrected chi connectivity index (χ1v) is 9.05. The van der Waals surface area contributed by atoms with Crippen molar-refractivity contribution in [1.29, 1.82) is 0 Å². The quantitative estimate of drug-likeness (QED) is 0.764. The average molecular weight is 365 g/mol. The monoisotopic (exact) mass is 365 g/mol. The van der Waals surface area contributed by atoms with Crippen LogP contribution in [0.4, 0.5) is 0 Å². The fraction of sp³-hybridized carbons (Fsp3) is 0.667. The van der Waals surface area contributed by atoms with Gasteiger partial charge in [-0.25, -0.2) is 4.79 Å². The third-order valence-electron chi connectivity index (χ3n) is 4.90. The molecule has 0 unspecified atom stereocenters.